The first-order valence-electron chi connectivity index (χ1n) is 3.39. The van der Waals surface area contributed by atoms with Gasteiger partial charge in [0.2, 0.25) is 0 Å². The van der Waals surface area contributed by atoms with Crippen LogP contribution in [0.5, 0.6) is 0 Å². The van der Waals surface area contributed by atoms with Crippen molar-refractivity contribution in [2.75, 3.05) is 13.2 Å². The lowest BCUT2D eigenvalue weighted by Crippen LogP contribution is -1.93. The van der Waals surface area contributed by atoms with E-state index in [-0.39, 0.29) is 6.61 Å². The van der Waals surface area contributed by atoms with Crippen LogP contribution in [-0.4, -0.2) is 24.5 Å². The first-order valence-corrected chi connectivity index (χ1v) is 3.39. The Kier molecular flexibility index (Phi) is 2.90. The van der Waals surface area contributed by atoms with E-state index in [4.69, 9.17) is 5.11 Å². The Morgan fingerprint density at radius 3 is 2.70 bits per heavy atom. The molecule has 1 aliphatic carbocycles. The minimum absolute atomic E-state index is 0.136. The zero-order valence-electron chi connectivity index (χ0n) is 5.77. The monoisotopic (exact) mass is 137 g/mol. The lowest BCUT2D eigenvalue weighted by Gasteiger charge is -1.92. The number of rotatable bonds is 3. The molecule has 0 saturated carbocycles. The van der Waals surface area contributed by atoms with Gasteiger partial charge in [0.25, 0.3) is 0 Å². The van der Waals surface area contributed by atoms with Gasteiger partial charge >= 0.3 is 0 Å². The van der Waals surface area contributed by atoms with E-state index in [9.17, 15) is 0 Å². The van der Waals surface area contributed by atoms with E-state index in [0.29, 0.717) is 12.5 Å². The Morgan fingerprint density at radius 2 is 2.10 bits per heavy atom. The molecular formula is C8H11NO. The Labute approximate surface area is 60.6 Å². The lowest BCUT2D eigenvalue weighted by molar-refractivity contribution is 0.307. The zero-order chi connectivity index (χ0) is 7.23. The fourth-order valence-corrected chi connectivity index (χ4v) is 0.802. The third-order valence-electron chi connectivity index (χ3n) is 1.28. The minimum Gasteiger partial charge on any atom is -0.394 e. The number of aliphatic hydroxyl groups is 1. The van der Waals surface area contributed by atoms with Crippen molar-refractivity contribution in [3.63, 3.8) is 0 Å². The van der Waals surface area contributed by atoms with Crippen LogP contribution in [0, 0.1) is 5.92 Å². The molecule has 0 saturated heterocycles. The smallest absolute Gasteiger partial charge is 0.0626 e. The van der Waals surface area contributed by atoms with Crippen LogP contribution in [0.4, 0.5) is 0 Å². The van der Waals surface area contributed by atoms with Crippen LogP contribution in [0.2, 0.25) is 0 Å². The summed E-state index contributed by atoms with van der Waals surface area (Å²) < 4.78 is 0. The number of hydrogen-bond acceptors (Lipinski definition) is 2. The zero-order valence-corrected chi connectivity index (χ0v) is 5.77. The molecule has 0 aromatic carbocycles. The lowest BCUT2D eigenvalue weighted by atomic mass is 10.2. The number of nitrogens with zero attached hydrogens (tertiary/aromatic N) is 1. The first-order chi connectivity index (χ1) is 4.93. The second kappa shape index (κ2) is 4.01. The maximum Gasteiger partial charge on any atom is 0.0626 e. The molecule has 2 heteroatoms. The fourth-order valence-electron chi connectivity index (χ4n) is 0.802. The van der Waals surface area contributed by atoms with E-state index in [2.05, 4.69) is 17.1 Å². The molecule has 10 heavy (non-hydrogen) atoms. The normalized spacial score (nSPS) is 17.7. The molecule has 0 fully saturated rings. The van der Waals surface area contributed by atoms with Gasteiger partial charge in [-0.25, -0.2) is 0 Å². The molecule has 2 nitrogen and oxygen atoms in total. The molecule has 0 radical (unpaired) electrons. The Morgan fingerprint density at radius 1 is 1.40 bits per heavy atom. The third-order valence-corrected chi connectivity index (χ3v) is 1.28. The number of allylic oxidation sites excluding steroid dienone is 4. The molecular weight excluding hydrogens is 126 g/mol. The van der Waals surface area contributed by atoms with Crippen LogP contribution in [0.25, 0.3) is 0 Å². The summed E-state index contributed by atoms with van der Waals surface area (Å²) in [5, 5.41) is 8.39. The van der Waals surface area contributed by atoms with E-state index >= 15 is 0 Å². The number of hydrogen-bond donors (Lipinski definition) is 1. The summed E-state index contributed by atoms with van der Waals surface area (Å²) in [6.45, 7) is 0.648. The van der Waals surface area contributed by atoms with E-state index in [0.717, 1.165) is 0 Å². The molecule has 0 heterocycles. The summed E-state index contributed by atoms with van der Waals surface area (Å²) >= 11 is 0. The van der Waals surface area contributed by atoms with Crippen LogP contribution < -0.4 is 0 Å². The second-order valence-electron chi connectivity index (χ2n) is 2.13. The molecule has 1 rings (SSSR count). The van der Waals surface area contributed by atoms with E-state index in [1.54, 1.807) is 0 Å². The third kappa shape index (κ3) is 2.15. The Bertz CT molecular complexity index is 158. The Hall–Kier alpha value is -0.890. The average molecular weight is 137 g/mol. The van der Waals surface area contributed by atoms with E-state index in [1.165, 1.54) is 0 Å². The van der Waals surface area contributed by atoms with Crippen LogP contribution in [0.15, 0.2) is 29.3 Å². The van der Waals surface area contributed by atoms with Gasteiger partial charge in [-0.15, -0.1) is 0 Å². The predicted octanol–water partition coefficient (Wildman–Crippen LogP) is 0.792. The summed E-state index contributed by atoms with van der Waals surface area (Å²) in [6, 6.07) is 0. The maximum absolute atomic E-state index is 8.39. The van der Waals surface area contributed by atoms with Crippen LogP contribution in [-0.2, 0) is 0 Å². The maximum atomic E-state index is 8.39. The fraction of sp³-hybridized carbons (Fsp3) is 0.375. The second-order valence-corrected chi connectivity index (χ2v) is 2.13. The summed E-state index contributed by atoms with van der Waals surface area (Å²) in [4.78, 5) is 3.99. The summed E-state index contributed by atoms with van der Waals surface area (Å²) in [6.07, 6.45) is 9.95. The minimum atomic E-state index is 0.136. The van der Waals surface area contributed by atoms with E-state index in [1.807, 2.05) is 18.4 Å². The van der Waals surface area contributed by atoms with Gasteiger partial charge in [0.15, 0.2) is 0 Å². The van der Waals surface area contributed by atoms with Gasteiger partial charge in [0.05, 0.1) is 13.2 Å². The standard InChI is InChI=1S/C8H11NO/c10-6-5-9-7-8-3-1-2-4-8/h1-4,7-8,10H,5-6H2. The van der Waals surface area contributed by atoms with Crippen molar-refractivity contribution in [2.45, 2.75) is 0 Å². The van der Waals surface area contributed by atoms with Crippen LogP contribution in [0.1, 0.15) is 0 Å². The molecule has 0 aromatic heterocycles. The molecule has 0 spiro atoms. The molecule has 0 unspecified atom stereocenters. The van der Waals surface area contributed by atoms with Gasteiger partial charge in [0.1, 0.15) is 0 Å². The van der Waals surface area contributed by atoms with Gasteiger partial charge in [-0.2, -0.15) is 0 Å². The van der Waals surface area contributed by atoms with Crippen LogP contribution >= 0.6 is 0 Å². The summed E-state index contributed by atoms with van der Waals surface area (Å²) in [7, 11) is 0. The average Bonchev–Trinajstić information content (AvgIpc) is 2.41. The summed E-state index contributed by atoms with van der Waals surface area (Å²) in [5.74, 6) is 0.353. The highest BCUT2D eigenvalue weighted by molar-refractivity contribution is 5.67. The molecule has 1 aliphatic rings. The van der Waals surface area contributed by atoms with Gasteiger partial charge < -0.3 is 5.11 Å². The van der Waals surface area contributed by atoms with Crippen LogP contribution in [0.3, 0.4) is 0 Å². The highest BCUT2D eigenvalue weighted by atomic mass is 16.3. The quantitative estimate of drug-likeness (QED) is 0.573. The summed E-state index contributed by atoms with van der Waals surface area (Å²) in [5.41, 5.74) is 0. The molecule has 0 aromatic rings. The van der Waals surface area contributed by atoms with Crippen molar-refractivity contribution >= 4 is 6.21 Å². The Balaban J connectivity index is 2.24. The topological polar surface area (TPSA) is 32.6 Å². The highest BCUT2D eigenvalue weighted by Crippen LogP contribution is 2.04. The number of aliphatic hydroxyl groups excluding tert-OH is 1. The highest BCUT2D eigenvalue weighted by Gasteiger charge is 1.96. The molecule has 54 valence electrons. The SMILES string of the molecule is OCCN=CC1C=CC=C1. The van der Waals surface area contributed by atoms with Crippen molar-refractivity contribution in [3.8, 4) is 0 Å². The van der Waals surface area contributed by atoms with Gasteiger partial charge in [-0.1, -0.05) is 24.3 Å². The molecule has 0 atom stereocenters. The van der Waals surface area contributed by atoms with Crippen molar-refractivity contribution in [1.82, 2.24) is 0 Å². The first kappa shape index (κ1) is 7.22. The van der Waals surface area contributed by atoms with Gasteiger partial charge in [-0.3, -0.25) is 4.99 Å². The van der Waals surface area contributed by atoms with Crippen molar-refractivity contribution in [2.24, 2.45) is 10.9 Å². The number of aliphatic imine (C=N–C) groups is 1. The largest absolute Gasteiger partial charge is 0.394 e. The van der Waals surface area contributed by atoms with Crippen molar-refractivity contribution in [1.29, 1.82) is 0 Å². The molecule has 0 bridgehead atoms. The van der Waals surface area contributed by atoms with E-state index < -0.39 is 0 Å². The van der Waals surface area contributed by atoms with Crippen molar-refractivity contribution < 1.29 is 5.11 Å². The predicted molar refractivity (Wildman–Crippen MR) is 42.2 cm³/mol. The van der Waals surface area contributed by atoms with Gasteiger partial charge in [-0.05, 0) is 0 Å². The molecule has 1 N–H and O–H groups in total. The van der Waals surface area contributed by atoms with Crippen molar-refractivity contribution in [3.05, 3.63) is 24.3 Å². The van der Waals surface area contributed by atoms with Gasteiger partial charge in [0, 0.05) is 12.1 Å². The molecule has 0 amide bonds. The molecule has 0 aliphatic heterocycles.